The number of rotatable bonds is 7. The van der Waals surface area contributed by atoms with Gasteiger partial charge in [-0.25, -0.2) is 15.0 Å². The molecule has 0 unspecified atom stereocenters. The molecule has 0 amide bonds. The fraction of sp³-hybridized carbons (Fsp3) is 0.333. The van der Waals surface area contributed by atoms with Crippen molar-refractivity contribution in [1.82, 2.24) is 30.1 Å². The molecule has 0 radical (unpaired) electrons. The highest BCUT2D eigenvalue weighted by molar-refractivity contribution is 5.94. The first-order valence-electron chi connectivity index (χ1n) is 12.2. The zero-order valence-corrected chi connectivity index (χ0v) is 19.9. The molecule has 0 saturated carbocycles. The van der Waals surface area contributed by atoms with Crippen LogP contribution in [0.1, 0.15) is 51.6 Å². The quantitative estimate of drug-likeness (QED) is 0.325. The summed E-state index contributed by atoms with van der Waals surface area (Å²) in [5.74, 6) is 1.65. The second kappa shape index (κ2) is 9.63. The molecule has 1 aliphatic rings. The zero-order valence-electron chi connectivity index (χ0n) is 19.9. The van der Waals surface area contributed by atoms with Gasteiger partial charge < -0.3 is 9.88 Å². The van der Waals surface area contributed by atoms with Gasteiger partial charge in [-0.2, -0.15) is 5.10 Å². The minimum Gasteiger partial charge on any atom is -0.355 e. The van der Waals surface area contributed by atoms with Crippen LogP contribution in [-0.2, 0) is 0 Å². The van der Waals surface area contributed by atoms with E-state index in [9.17, 15) is 0 Å². The molecular formula is C27H31N7. The second-order valence-electron chi connectivity index (χ2n) is 8.75. The monoisotopic (exact) mass is 453 g/mol. The van der Waals surface area contributed by atoms with Crippen LogP contribution in [0.2, 0.25) is 0 Å². The predicted octanol–water partition coefficient (Wildman–Crippen LogP) is 6.20. The second-order valence-corrected chi connectivity index (χ2v) is 8.75. The Labute approximate surface area is 199 Å². The first-order valence-corrected chi connectivity index (χ1v) is 12.2. The Balaban J connectivity index is 1.56. The number of nitrogens with one attached hydrogen (secondary N) is 2. The number of hydrogen-bond donors (Lipinski definition) is 2. The minimum absolute atomic E-state index is 0.701. The molecule has 7 nitrogen and oxygen atoms in total. The summed E-state index contributed by atoms with van der Waals surface area (Å²) >= 11 is 0. The molecular weight excluding hydrogens is 422 g/mol. The lowest BCUT2D eigenvalue weighted by Crippen LogP contribution is -2.30. The molecule has 0 spiro atoms. The molecule has 4 aromatic heterocycles. The maximum atomic E-state index is 4.99. The van der Waals surface area contributed by atoms with Crippen molar-refractivity contribution in [3.05, 3.63) is 60.5 Å². The third kappa shape index (κ3) is 4.14. The summed E-state index contributed by atoms with van der Waals surface area (Å²) in [5, 5.41) is 7.69. The number of nitrogens with zero attached hydrogens (tertiary/aromatic N) is 5. The van der Waals surface area contributed by atoms with Crippen molar-refractivity contribution in [3.63, 3.8) is 0 Å². The summed E-state index contributed by atoms with van der Waals surface area (Å²) in [6.07, 6.45) is 13.8. The Morgan fingerprint density at radius 2 is 1.94 bits per heavy atom. The largest absolute Gasteiger partial charge is 0.355 e. The Bertz CT molecular complexity index is 1380. The molecule has 1 saturated heterocycles. The smallest absolute Gasteiger partial charge is 0.161 e. The van der Waals surface area contributed by atoms with Crippen LogP contribution in [0.5, 0.6) is 0 Å². The first kappa shape index (κ1) is 22.1. The molecule has 0 atom stereocenters. The number of pyridine rings is 2. The van der Waals surface area contributed by atoms with Gasteiger partial charge in [0.2, 0.25) is 0 Å². The molecule has 5 rings (SSSR count). The number of hydrogen-bond acceptors (Lipinski definition) is 5. The fourth-order valence-corrected chi connectivity index (χ4v) is 4.62. The molecule has 1 aliphatic heterocycles. The van der Waals surface area contributed by atoms with Crippen molar-refractivity contribution < 1.29 is 0 Å². The summed E-state index contributed by atoms with van der Waals surface area (Å²) in [6.45, 7) is 10.2. The highest BCUT2D eigenvalue weighted by Gasteiger charge is 2.20. The van der Waals surface area contributed by atoms with Crippen LogP contribution in [0.3, 0.4) is 0 Å². The molecule has 174 valence electrons. The number of anilines is 1. The van der Waals surface area contributed by atoms with Crippen molar-refractivity contribution in [3.8, 4) is 11.5 Å². The van der Waals surface area contributed by atoms with Crippen molar-refractivity contribution in [2.24, 2.45) is 0 Å². The van der Waals surface area contributed by atoms with Crippen LogP contribution in [0.4, 0.5) is 5.82 Å². The predicted molar refractivity (Wildman–Crippen MR) is 140 cm³/mol. The number of fused-ring (bicyclic) bond motifs is 2. The van der Waals surface area contributed by atoms with Gasteiger partial charge in [0, 0.05) is 19.3 Å². The van der Waals surface area contributed by atoms with E-state index >= 15 is 0 Å². The van der Waals surface area contributed by atoms with E-state index in [1.54, 1.807) is 0 Å². The van der Waals surface area contributed by atoms with Gasteiger partial charge in [-0.3, -0.25) is 5.10 Å². The molecule has 34 heavy (non-hydrogen) atoms. The Morgan fingerprint density at radius 3 is 2.71 bits per heavy atom. The van der Waals surface area contributed by atoms with Crippen LogP contribution in [-0.4, -0.2) is 43.2 Å². The third-order valence-electron chi connectivity index (χ3n) is 6.42. The Hall–Kier alpha value is -3.74. The fourth-order valence-electron chi connectivity index (χ4n) is 4.62. The van der Waals surface area contributed by atoms with E-state index in [2.05, 4.69) is 50.7 Å². The molecule has 7 heteroatoms. The lowest BCUT2D eigenvalue weighted by Gasteiger charge is -2.27. The van der Waals surface area contributed by atoms with Crippen LogP contribution in [0.25, 0.3) is 39.2 Å². The van der Waals surface area contributed by atoms with Crippen molar-refractivity contribution >= 4 is 33.5 Å². The topological polar surface area (TPSA) is 86.4 Å². The number of H-pyrrole nitrogens is 2. The van der Waals surface area contributed by atoms with Gasteiger partial charge in [-0.1, -0.05) is 32.1 Å². The highest BCUT2D eigenvalue weighted by Crippen LogP contribution is 2.30. The zero-order chi connectivity index (χ0) is 23.5. The van der Waals surface area contributed by atoms with E-state index in [0.717, 1.165) is 70.8 Å². The Kier molecular flexibility index (Phi) is 6.25. The lowest BCUT2D eigenvalue weighted by molar-refractivity contribution is 0.574. The average molecular weight is 454 g/mol. The number of aromatic amines is 2. The van der Waals surface area contributed by atoms with Crippen molar-refractivity contribution in [2.75, 3.05) is 18.0 Å². The summed E-state index contributed by atoms with van der Waals surface area (Å²) < 4.78 is 0. The number of allylic oxidation sites excluding steroid dienone is 5. The third-order valence-corrected chi connectivity index (χ3v) is 6.42. The van der Waals surface area contributed by atoms with E-state index in [1.807, 2.05) is 37.4 Å². The summed E-state index contributed by atoms with van der Waals surface area (Å²) in [6, 6.07) is 6.03. The molecule has 4 aromatic rings. The maximum Gasteiger partial charge on any atom is 0.161 e. The number of aromatic nitrogens is 6. The van der Waals surface area contributed by atoms with Crippen molar-refractivity contribution in [2.45, 2.75) is 46.0 Å². The number of imidazole rings is 1. The molecule has 5 heterocycles. The molecule has 0 bridgehead atoms. The van der Waals surface area contributed by atoms with E-state index in [0.29, 0.717) is 5.82 Å². The van der Waals surface area contributed by atoms with Gasteiger partial charge in [-0.15, -0.1) is 0 Å². The number of piperidine rings is 1. The molecule has 0 aromatic carbocycles. The maximum absolute atomic E-state index is 4.99. The Morgan fingerprint density at radius 1 is 1.09 bits per heavy atom. The van der Waals surface area contributed by atoms with Gasteiger partial charge in [0.25, 0.3) is 0 Å². The molecule has 2 N–H and O–H groups in total. The summed E-state index contributed by atoms with van der Waals surface area (Å²) in [5.41, 5.74) is 7.43. The van der Waals surface area contributed by atoms with E-state index in [1.165, 1.54) is 24.8 Å². The van der Waals surface area contributed by atoms with E-state index in [4.69, 9.17) is 9.97 Å². The van der Waals surface area contributed by atoms with E-state index < -0.39 is 0 Å². The highest BCUT2D eigenvalue weighted by atomic mass is 15.2. The standard InChI is InChI=1S/C27H31N7/c1-4-10-18(5-2)17-19(6-3)20-11-12-22-23(29-20)25(33-32-22)26-30-21-13-14-28-27(24(21)31-26)34-15-8-7-9-16-34/h5-6,11-14,17H,2,4,7-10,15-16H2,1,3H3,(H,30,31)(H,32,33)/b18-17+,19-6+. The van der Waals surface area contributed by atoms with E-state index in [-0.39, 0.29) is 0 Å². The van der Waals surface area contributed by atoms with Crippen LogP contribution in [0, 0.1) is 0 Å². The van der Waals surface area contributed by atoms with Crippen LogP contribution >= 0.6 is 0 Å². The van der Waals surface area contributed by atoms with Gasteiger partial charge in [-0.05, 0) is 68.0 Å². The van der Waals surface area contributed by atoms with Gasteiger partial charge in [0.15, 0.2) is 17.3 Å². The lowest BCUT2D eigenvalue weighted by atomic mass is 10.0. The summed E-state index contributed by atoms with van der Waals surface area (Å²) in [4.78, 5) is 20.4. The SMILES string of the molecule is C=C/C(=C\C(=C/C)c1ccc2[nH]nc(-c3nc4c(N5CCCCC5)nccc4[nH]3)c2n1)CCC. The van der Waals surface area contributed by atoms with Crippen molar-refractivity contribution in [1.29, 1.82) is 0 Å². The normalized spacial score (nSPS) is 15.4. The molecule has 1 fully saturated rings. The summed E-state index contributed by atoms with van der Waals surface area (Å²) in [7, 11) is 0. The van der Waals surface area contributed by atoms with Crippen LogP contribution in [0.15, 0.2) is 54.8 Å². The van der Waals surface area contributed by atoms with Gasteiger partial charge in [0.05, 0.1) is 16.7 Å². The van der Waals surface area contributed by atoms with Gasteiger partial charge >= 0.3 is 0 Å². The minimum atomic E-state index is 0.701. The average Bonchev–Trinajstić information content (AvgIpc) is 3.50. The first-order chi connectivity index (χ1) is 16.7. The van der Waals surface area contributed by atoms with Gasteiger partial charge in [0.1, 0.15) is 11.0 Å². The van der Waals surface area contributed by atoms with Crippen LogP contribution < -0.4 is 4.90 Å². The molecule has 0 aliphatic carbocycles.